The van der Waals surface area contributed by atoms with Crippen LogP contribution in [0.25, 0.3) is 0 Å². The second kappa shape index (κ2) is 6.63. The van der Waals surface area contributed by atoms with Crippen molar-refractivity contribution in [3.63, 3.8) is 0 Å². The van der Waals surface area contributed by atoms with Gasteiger partial charge in [0, 0.05) is 24.7 Å². The van der Waals surface area contributed by atoms with E-state index < -0.39 is 23.5 Å². The molecule has 2 amide bonds. The highest BCUT2D eigenvalue weighted by atomic mass is 19.1. The highest BCUT2D eigenvalue weighted by Crippen LogP contribution is 2.28. The molecule has 1 heterocycles. The normalized spacial score (nSPS) is 17.0. The molecule has 1 saturated heterocycles. The van der Waals surface area contributed by atoms with Gasteiger partial charge in [0.25, 0.3) is 0 Å². The van der Waals surface area contributed by atoms with E-state index in [0.717, 1.165) is 22.9 Å². The molecular weight excluding hydrogens is 326 g/mol. The standard InChI is InChI=1S/C19H18F2N2O2/c1-11-5-12(2)7-15(6-11)23-10-13(8-18(23)24)19(25)22-17-4-3-14(20)9-16(17)21/h3-7,9,13H,8,10H2,1-2H3,(H,22,25). The molecule has 130 valence electrons. The monoisotopic (exact) mass is 344 g/mol. The summed E-state index contributed by atoms with van der Waals surface area (Å²) in [6.07, 6.45) is 0.0572. The maximum Gasteiger partial charge on any atom is 0.229 e. The van der Waals surface area contributed by atoms with Gasteiger partial charge in [-0.3, -0.25) is 9.59 Å². The molecule has 0 aliphatic carbocycles. The number of carbonyl (C=O) groups is 2. The lowest BCUT2D eigenvalue weighted by atomic mass is 10.1. The van der Waals surface area contributed by atoms with Gasteiger partial charge in [-0.2, -0.15) is 0 Å². The van der Waals surface area contributed by atoms with E-state index in [0.29, 0.717) is 6.07 Å². The Morgan fingerprint density at radius 3 is 2.44 bits per heavy atom. The van der Waals surface area contributed by atoms with Crippen LogP contribution in [0.1, 0.15) is 17.5 Å². The van der Waals surface area contributed by atoms with E-state index in [1.807, 2.05) is 32.0 Å². The van der Waals surface area contributed by atoms with Gasteiger partial charge in [-0.1, -0.05) is 6.07 Å². The van der Waals surface area contributed by atoms with Crippen LogP contribution in [0.5, 0.6) is 0 Å². The largest absolute Gasteiger partial charge is 0.323 e. The second-order valence-electron chi connectivity index (χ2n) is 6.36. The van der Waals surface area contributed by atoms with E-state index in [4.69, 9.17) is 0 Å². The number of benzene rings is 2. The van der Waals surface area contributed by atoms with Gasteiger partial charge in [-0.15, -0.1) is 0 Å². The van der Waals surface area contributed by atoms with Gasteiger partial charge in [-0.05, 0) is 49.2 Å². The molecule has 3 rings (SSSR count). The van der Waals surface area contributed by atoms with Crippen LogP contribution in [0.3, 0.4) is 0 Å². The van der Waals surface area contributed by atoms with Gasteiger partial charge < -0.3 is 10.2 Å². The number of amides is 2. The van der Waals surface area contributed by atoms with Crippen LogP contribution in [-0.2, 0) is 9.59 Å². The van der Waals surface area contributed by atoms with Crippen LogP contribution in [0, 0.1) is 31.4 Å². The van der Waals surface area contributed by atoms with Crippen molar-refractivity contribution in [2.45, 2.75) is 20.3 Å². The van der Waals surface area contributed by atoms with Crippen LogP contribution >= 0.6 is 0 Å². The topological polar surface area (TPSA) is 49.4 Å². The molecule has 4 nitrogen and oxygen atoms in total. The van der Waals surface area contributed by atoms with Crippen molar-refractivity contribution in [2.24, 2.45) is 5.92 Å². The van der Waals surface area contributed by atoms with Crippen molar-refractivity contribution in [1.29, 1.82) is 0 Å². The molecule has 2 aromatic carbocycles. The van der Waals surface area contributed by atoms with E-state index >= 15 is 0 Å². The molecule has 1 unspecified atom stereocenters. The summed E-state index contributed by atoms with van der Waals surface area (Å²) >= 11 is 0. The fourth-order valence-corrected chi connectivity index (χ4v) is 3.06. The van der Waals surface area contributed by atoms with Crippen LogP contribution in [0.15, 0.2) is 36.4 Å². The van der Waals surface area contributed by atoms with Crippen LogP contribution in [0.4, 0.5) is 20.2 Å². The maximum absolute atomic E-state index is 13.7. The number of nitrogens with one attached hydrogen (secondary N) is 1. The minimum Gasteiger partial charge on any atom is -0.323 e. The molecule has 6 heteroatoms. The molecular formula is C19H18F2N2O2. The van der Waals surface area contributed by atoms with Crippen molar-refractivity contribution >= 4 is 23.2 Å². The molecule has 1 N–H and O–H groups in total. The third kappa shape index (κ3) is 3.68. The smallest absolute Gasteiger partial charge is 0.229 e. The highest BCUT2D eigenvalue weighted by molar-refractivity contribution is 6.03. The lowest BCUT2D eigenvalue weighted by molar-refractivity contribution is -0.122. The number of rotatable bonds is 3. The van der Waals surface area contributed by atoms with E-state index in [-0.39, 0.29) is 24.6 Å². The zero-order valence-corrected chi connectivity index (χ0v) is 14.0. The summed E-state index contributed by atoms with van der Waals surface area (Å²) in [5, 5.41) is 2.44. The lowest BCUT2D eigenvalue weighted by Gasteiger charge is -2.18. The van der Waals surface area contributed by atoms with E-state index in [1.165, 1.54) is 6.07 Å². The van der Waals surface area contributed by atoms with Crippen molar-refractivity contribution < 1.29 is 18.4 Å². The molecule has 25 heavy (non-hydrogen) atoms. The average molecular weight is 344 g/mol. The quantitative estimate of drug-likeness (QED) is 0.925. The molecule has 0 bridgehead atoms. The molecule has 0 saturated carbocycles. The molecule has 1 aliphatic rings. The number of nitrogens with zero attached hydrogens (tertiary/aromatic N) is 1. The fraction of sp³-hybridized carbons (Fsp3) is 0.263. The summed E-state index contributed by atoms with van der Waals surface area (Å²) < 4.78 is 26.6. The molecule has 1 fully saturated rings. The average Bonchev–Trinajstić information content (AvgIpc) is 2.91. The van der Waals surface area contributed by atoms with E-state index in [2.05, 4.69) is 5.32 Å². The summed E-state index contributed by atoms with van der Waals surface area (Å²) in [5.74, 6) is -2.75. The van der Waals surface area contributed by atoms with Crippen molar-refractivity contribution in [2.75, 3.05) is 16.8 Å². The van der Waals surface area contributed by atoms with Crippen molar-refractivity contribution in [1.82, 2.24) is 0 Å². The molecule has 0 aromatic heterocycles. The number of anilines is 2. The lowest BCUT2D eigenvalue weighted by Crippen LogP contribution is -2.28. The fourth-order valence-electron chi connectivity index (χ4n) is 3.06. The Labute approximate surface area is 144 Å². The number of carbonyl (C=O) groups excluding carboxylic acids is 2. The van der Waals surface area contributed by atoms with Crippen LogP contribution in [-0.4, -0.2) is 18.4 Å². The molecule has 0 spiro atoms. The summed E-state index contributed by atoms with van der Waals surface area (Å²) in [5.41, 5.74) is 2.72. The molecule has 0 radical (unpaired) electrons. The van der Waals surface area contributed by atoms with Gasteiger partial charge in [0.05, 0.1) is 11.6 Å². The Balaban J connectivity index is 1.74. The highest BCUT2D eigenvalue weighted by Gasteiger charge is 2.35. The second-order valence-corrected chi connectivity index (χ2v) is 6.36. The first-order chi connectivity index (χ1) is 11.8. The zero-order valence-electron chi connectivity index (χ0n) is 14.0. The van der Waals surface area contributed by atoms with Crippen molar-refractivity contribution in [3.8, 4) is 0 Å². The number of hydrogen-bond acceptors (Lipinski definition) is 2. The molecule has 1 atom stereocenters. The first-order valence-corrected chi connectivity index (χ1v) is 7.98. The van der Waals surface area contributed by atoms with Crippen LogP contribution in [0.2, 0.25) is 0 Å². The summed E-state index contributed by atoms with van der Waals surface area (Å²) in [7, 11) is 0. The number of hydrogen-bond donors (Lipinski definition) is 1. The van der Waals surface area contributed by atoms with Crippen LogP contribution < -0.4 is 10.2 Å². The predicted octanol–water partition coefficient (Wildman–Crippen LogP) is 3.57. The minimum atomic E-state index is -0.844. The summed E-state index contributed by atoms with van der Waals surface area (Å²) in [4.78, 5) is 26.2. The summed E-state index contributed by atoms with van der Waals surface area (Å²) in [6.45, 7) is 4.12. The summed E-state index contributed by atoms with van der Waals surface area (Å²) in [6, 6.07) is 8.74. The third-order valence-corrected chi connectivity index (χ3v) is 4.20. The zero-order chi connectivity index (χ0) is 18.1. The third-order valence-electron chi connectivity index (χ3n) is 4.20. The minimum absolute atomic E-state index is 0.0572. The van der Waals surface area contributed by atoms with E-state index in [1.54, 1.807) is 4.90 Å². The predicted molar refractivity (Wildman–Crippen MR) is 91.4 cm³/mol. The maximum atomic E-state index is 13.7. The van der Waals surface area contributed by atoms with E-state index in [9.17, 15) is 18.4 Å². The Kier molecular flexibility index (Phi) is 4.53. The van der Waals surface area contributed by atoms with Gasteiger partial charge >= 0.3 is 0 Å². The molecule has 2 aromatic rings. The first-order valence-electron chi connectivity index (χ1n) is 7.98. The Morgan fingerprint density at radius 1 is 1.12 bits per heavy atom. The van der Waals surface area contributed by atoms with Gasteiger partial charge in [0.2, 0.25) is 11.8 Å². The van der Waals surface area contributed by atoms with Crippen molar-refractivity contribution in [3.05, 3.63) is 59.2 Å². The first kappa shape index (κ1) is 17.1. The molecule has 1 aliphatic heterocycles. The SMILES string of the molecule is Cc1cc(C)cc(N2CC(C(=O)Nc3ccc(F)cc3F)CC2=O)c1. The number of aryl methyl sites for hydroxylation is 2. The Bertz CT molecular complexity index is 831. The Morgan fingerprint density at radius 2 is 1.80 bits per heavy atom. The Hall–Kier alpha value is -2.76. The van der Waals surface area contributed by atoms with Gasteiger partial charge in [-0.25, -0.2) is 8.78 Å². The van der Waals surface area contributed by atoms with Gasteiger partial charge in [0.15, 0.2) is 0 Å². The van der Waals surface area contributed by atoms with Gasteiger partial charge in [0.1, 0.15) is 11.6 Å². The number of halogens is 2.